The largest absolute Gasteiger partial charge is 0.0654 e. The first-order valence-electron chi connectivity index (χ1n) is 16.1. The average Bonchev–Trinajstić information content (AvgIpc) is 2.93. The Kier molecular flexibility index (Phi) is 23.3. The summed E-state index contributed by atoms with van der Waals surface area (Å²) in [5, 5.41) is 0. The van der Waals surface area contributed by atoms with Crippen molar-refractivity contribution >= 4 is 45.2 Å². The van der Waals surface area contributed by atoms with Crippen LogP contribution in [0.5, 0.6) is 0 Å². The lowest BCUT2D eigenvalue weighted by Gasteiger charge is -2.10. The summed E-state index contributed by atoms with van der Waals surface area (Å²) in [5.74, 6) is 0. The maximum atomic E-state index is 2.53. The molecule has 0 saturated heterocycles. The van der Waals surface area contributed by atoms with Gasteiger partial charge in [0.25, 0.3) is 0 Å². The Morgan fingerprint density at radius 2 is 0.684 bits per heavy atom. The molecule has 0 nitrogen and oxygen atoms in total. The molecule has 2 rings (SSSR count). The second kappa shape index (κ2) is 24.7. The van der Waals surface area contributed by atoms with E-state index in [1.54, 1.807) is 11.1 Å². The van der Waals surface area contributed by atoms with Crippen LogP contribution in [-0.2, 0) is 25.7 Å². The van der Waals surface area contributed by atoms with Crippen LogP contribution >= 0.6 is 45.2 Å². The van der Waals surface area contributed by atoms with Crippen LogP contribution in [-0.4, -0.2) is 0 Å². The Morgan fingerprint density at radius 3 is 0.974 bits per heavy atom. The highest BCUT2D eigenvalue weighted by Crippen LogP contribution is 2.24. The van der Waals surface area contributed by atoms with Crippen molar-refractivity contribution in [3.05, 3.63) is 65.8 Å². The Labute approximate surface area is 265 Å². The molecule has 0 atom stereocenters. The second-order valence-corrected chi connectivity index (χ2v) is 13.4. The van der Waals surface area contributed by atoms with Gasteiger partial charge in [-0.1, -0.05) is 129 Å². The highest BCUT2D eigenvalue weighted by molar-refractivity contribution is 14.1. The van der Waals surface area contributed by atoms with Gasteiger partial charge < -0.3 is 0 Å². The first-order valence-corrected chi connectivity index (χ1v) is 18.3. The standard InChI is InChI=1S/C18H28I2.C18H30/c1-3-5-7-9-11-15-13-18(20)16(14-17(15)19)12-10-8-6-4-2;1-3-5-7-9-11-17-13-15-18(16-14-17)12-10-8-6-4-2/h13-14H,3-12H2,1-2H3;13-16H,3-12H2,1-2H3. The molecule has 0 spiro atoms. The molecule has 0 heterocycles. The molecule has 0 radical (unpaired) electrons. The second-order valence-electron chi connectivity index (χ2n) is 11.1. The number of hydrogen-bond acceptors (Lipinski definition) is 0. The van der Waals surface area contributed by atoms with Gasteiger partial charge in [0.05, 0.1) is 0 Å². The minimum Gasteiger partial charge on any atom is -0.0654 e. The number of unbranched alkanes of at least 4 members (excludes halogenated alkanes) is 12. The van der Waals surface area contributed by atoms with Gasteiger partial charge >= 0.3 is 0 Å². The highest BCUT2D eigenvalue weighted by Gasteiger charge is 2.07. The van der Waals surface area contributed by atoms with Crippen LogP contribution in [0.1, 0.15) is 153 Å². The van der Waals surface area contributed by atoms with Crippen molar-refractivity contribution in [2.75, 3.05) is 0 Å². The minimum absolute atomic E-state index is 1.25. The third-order valence-corrected chi connectivity index (χ3v) is 9.48. The summed E-state index contributed by atoms with van der Waals surface area (Å²) in [6, 6.07) is 14.2. The molecule has 0 aromatic heterocycles. The van der Waals surface area contributed by atoms with Crippen LogP contribution in [0, 0.1) is 7.14 Å². The molecule has 0 N–H and O–H groups in total. The number of rotatable bonds is 20. The van der Waals surface area contributed by atoms with Gasteiger partial charge in [-0.25, -0.2) is 0 Å². The summed E-state index contributed by atoms with van der Waals surface area (Å²) in [7, 11) is 0. The lowest BCUT2D eigenvalue weighted by molar-refractivity contribution is 0.661. The predicted molar refractivity (Wildman–Crippen MR) is 190 cm³/mol. The van der Waals surface area contributed by atoms with Gasteiger partial charge in [0.2, 0.25) is 0 Å². The lowest BCUT2D eigenvalue weighted by atomic mass is 10.0. The van der Waals surface area contributed by atoms with E-state index in [-0.39, 0.29) is 0 Å². The molecule has 0 bridgehead atoms. The van der Waals surface area contributed by atoms with Crippen LogP contribution < -0.4 is 0 Å². The maximum Gasteiger partial charge on any atom is 0.0165 e. The van der Waals surface area contributed by atoms with Crippen molar-refractivity contribution in [1.82, 2.24) is 0 Å². The fraction of sp³-hybridized carbons (Fsp3) is 0.667. The average molecular weight is 745 g/mol. The van der Waals surface area contributed by atoms with Crippen molar-refractivity contribution in [2.45, 2.75) is 156 Å². The predicted octanol–water partition coefficient (Wildman–Crippen LogP) is 13.1. The van der Waals surface area contributed by atoms with E-state index < -0.39 is 0 Å². The number of benzene rings is 2. The van der Waals surface area contributed by atoms with Crippen LogP contribution in [0.25, 0.3) is 0 Å². The molecule has 0 saturated carbocycles. The van der Waals surface area contributed by atoms with Gasteiger partial charge in [0.1, 0.15) is 0 Å². The van der Waals surface area contributed by atoms with E-state index in [1.165, 1.54) is 147 Å². The van der Waals surface area contributed by atoms with Crippen LogP contribution in [0.15, 0.2) is 36.4 Å². The summed E-state index contributed by atoms with van der Waals surface area (Å²) >= 11 is 5.06. The SMILES string of the molecule is CCCCCCc1cc(I)c(CCCCCC)cc1I.CCCCCCc1ccc(CCCCCC)cc1. The van der Waals surface area contributed by atoms with Crippen molar-refractivity contribution in [2.24, 2.45) is 0 Å². The third kappa shape index (κ3) is 17.6. The molecule has 0 aliphatic carbocycles. The van der Waals surface area contributed by atoms with Gasteiger partial charge in [-0.15, -0.1) is 0 Å². The van der Waals surface area contributed by atoms with Crippen molar-refractivity contribution < 1.29 is 0 Å². The van der Waals surface area contributed by atoms with Gasteiger partial charge in [0.15, 0.2) is 0 Å². The van der Waals surface area contributed by atoms with E-state index in [0.29, 0.717) is 0 Å². The summed E-state index contributed by atoms with van der Waals surface area (Å²) in [6.45, 7) is 9.10. The van der Waals surface area contributed by atoms with E-state index in [9.17, 15) is 0 Å². The van der Waals surface area contributed by atoms with E-state index in [2.05, 4.69) is 109 Å². The molecule has 0 aliphatic rings. The van der Waals surface area contributed by atoms with Gasteiger partial charge in [-0.3, -0.25) is 0 Å². The number of halogens is 2. The zero-order chi connectivity index (χ0) is 27.8. The summed E-state index contributed by atoms with van der Waals surface area (Å²) in [5.41, 5.74) is 6.15. The lowest BCUT2D eigenvalue weighted by Crippen LogP contribution is -1.97. The van der Waals surface area contributed by atoms with Crippen molar-refractivity contribution in [3.63, 3.8) is 0 Å². The molecule has 2 heteroatoms. The van der Waals surface area contributed by atoms with E-state index in [0.717, 1.165) is 0 Å². The third-order valence-electron chi connectivity index (χ3n) is 7.48. The molecule has 2 aromatic carbocycles. The number of hydrogen-bond donors (Lipinski definition) is 0. The molecule has 2 aromatic rings. The molecular weight excluding hydrogens is 686 g/mol. The fourth-order valence-electron chi connectivity index (χ4n) is 4.88. The minimum atomic E-state index is 1.25. The Bertz CT molecular complexity index is 740. The smallest absolute Gasteiger partial charge is 0.0165 e. The van der Waals surface area contributed by atoms with Gasteiger partial charge in [-0.05, 0) is 131 Å². The normalized spacial score (nSPS) is 10.9. The molecule has 216 valence electrons. The van der Waals surface area contributed by atoms with Crippen LogP contribution in [0.3, 0.4) is 0 Å². The maximum absolute atomic E-state index is 2.53. The number of aryl methyl sites for hydroxylation is 4. The monoisotopic (exact) mass is 744 g/mol. The Balaban J connectivity index is 0.000000382. The van der Waals surface area contributed by atoms with Crippen molar-refractivity contribution in [3.8, 4) is 0 Å². The van der Waals surface area contributed by atoms with Gasteiger partial charge in [0, 0.05) is 7.14 Å². The zero-order valence-corrected chi connectivity index (χ0v) is 29.7. The summed E-state index contributed by atoms with van der Waals surface area (Å²) < 4.78 is 2.95. The summed E-state index contributed by atoms with van der Waals surface area (Å²) in [6.07, 6.45) is 26.8. The van der Waals surface area contributed by atoms with Crippen molar-refractivity contribution in [1.29, 1.82) is 0 Å². The quantitative estimate of drug-likeness (QED) is 0.0936. The van der Waals surface area contributed by atoms with E-state index in [1.807, 2.05) is 0 Å². The van der Waals surface area contributed by atoms with Gasteiger partial charge in [-0.2, -0.15) is 0 Å². The molecule has 0 fully saturated rings. The molecule has 0 amide bonds. The molecule has 0 aliphatic heterocycles. The highest BCUT2D eigenvalue weighted by atomic mass is 127. The Morgan fingerprint density at radius 1 is 0.395 bits per heavy atom. The molecule has 38 heavy (non-hydrogen) atoms. The molecular formula is C36H58I2. The first-order chi connectivity index (χ1) is 18.5. The summed E-state index contributed by atoms with van der Waals surface area (Å²) in [4.78, 5) is 0. The van der Waals surface area contributed by atoms with Crippen LogP contribution in [0.4, 0.5) is 0 Å². The van der Waals surface area contributed by atoms with E-state index in [4.69, 9.17) is 0 Å². The molecule has 0 unspecified atom stereocenters. The first kappa shape index (κ1) is 35.9. The fourth-order valence-corrected chi connectivity index (χ4v) is 6.48. The van der Waals surface area contributed by atoms with E-state index >= 15 is 0 Å². The Hall–Kier alpha value is -0.100. The topological polar surface area (TPSA) is 0 Å². The zero-order valence-electron chi connectivity index (χ0n) is 25.4. The van der Waals surface area contributed by atoms with Crippen LogP contribution in [0.2, 0.25) is 0 Å².